The van der Waals surface area contributed by atoms with Crippen LogP contribution in [0.4, 0.5) is 0 Å². The van der Waals surface area contributed by atoms with E-state index in [1.165, 1.54) is 0 Å². The molecule has 3 N–H and O–H groups in total. The lowest BCUT2D eigenvalue weighted by atomic mass is 9.75. The van der Waals surface area contributed by atoms with Crippen molar-refractivity contribution >= 4 is 12.6 Å². The maximum atomic E-state index is 9.25. The fourth-order valence-corrected chi connectivity index (χ4v) is 2.29. The fourth-order valence-electron chi connectivity index (χ4n) is 2.29. The Labute approximate surface area is 101 Å². The van der Waals surface area contributed by atoms with Crippen LogP contribution in [0.25, 0.3) is 0 Å². The molecular weight excluding hydrogens is 215 g/mol. The van der Waals surface area contributed by atoms with E-state index in [0.29, 0.717) is 16.9 Å². The summed E-state index contributed by atoms with van der Waals surface area (Å²) in [5.41, 5.74) is 1.70. The molecule has 0 saturated carbocycles. The first-order valence-corrected chi connectivity index (χ1v) is 5.83. The molecule has 0 aliphatic carbocycles. The second-order valence-corrected chi connectivity index (χ2v) is 4.38. The minimum atomic E-state index is -1.58. The molecule has 1 aliphatic heterocycles. The second kappa shape index (κ2) is 5.32. The minimum absolute atomic E-state index is 0.301. The Bertz CT molecular complexity index is 437. The summed E-state index contributed by atoms with van der Waals surface area (Å²) in [6.07, 6.45) is 2.22. The van der Waals surface area contributed by atoms with E-state index in [-0.39, 0.29) is 0 Å². The van der Waals surface area contributed by atoms with E-state index in [1.54, 1.807) is 12.1 Å². The highest BCUT2D eigenvalue weighted by atomic mass is 16.4. The van der Waals surface area contributed by atoms with Gasteiger partial charge in [0, 0.05) is 12.0 Å². The van der Waals surface area contributed by atoms with Gasteiger partial charge in [-0.25, -0.2) is 0 Å². The van der Waals surface area contributed by atoms with Gasteiger partial charge in [0.2, 0.25) is 0 Å². The molecule has 0 spiro atoms. The fraction of sp³-hybridized carbons (Fsp3) is 0.417. The van der Waals surface area contributed by atoms with Gasteiger partial charge >= 0.3 is 7.12 Å². The Morgan fingerprint density at radius 1 is 1.41 bits per heavy atom. The standard InChI is InChI=1S/C12H15BN2O2/c14-7-10-4-3-9(6-12(10)13(16)17)11-2-1-5-15-8-11/h3-4,6,11,15-17H,1-2,5,8H2. The van der Waals surface area contributed by atoms with Gasteiger partial charge in [-0.1, -0.05) is 12.1 Å². The van der Waals surface area contributed by atoms with Crippen molar-refractivity contribution in [2.24, 2.45) is 0 Å². The third-order valence-corrected chi connectivity index (χ3v) is 3.24. The number of benzene rings is 1. The molecule has 4 nitrogen and oxygen atoms in total. The van der Waals surface area contributed by atoms with E-state index in [0.717, 1.165) is 31.5 Å². The van der Waals surface area contributed by atoms with E-state index in [2.05, 4.69) is 5.32 Å². The predicted octanol–water partition coefficient (Wildman–Crippen LogP) is -0.295. The maximum Gasteiger partial charge on any atom is 0.489 e. The van der Waals surface area contributed by atoms with Gasteiger partial charge in [0.1, 0.15) is 0 Å². The van der Waals surface area contributed by atoms with E-state index in [9.17, 15) is 10.0 Å². The van der Waals surface area contributed by atoms with Crippen LogP contribution < -0.4 is 10.8 Å². The normalized spacial score (nSPS) is 19.7. The van der Waals surface area contributed by atoms with Crippen LogP contribution >= 0.6 is 0 Å². The summed E-state index contributed by atoms with van der Waals surface area (Å²) in [4.78, 5) is 0. The van der Waals surface area contributed by atoms with Crippen LogP contribution in [0.2, 0.25) is 0 Å². The Morgan fingerprint density at radius 3 is 2.82 bits per heavy atom. The number of hydrogen-bond acceptors (Lipinski definition) is 4. The van der Waals surface area contributed by atoms with Crippen molar-refractivity contribution in [2.75, 3.05) is 13.1 Å². The Kier molecular flexibility index (Phi) is 3.80. The summed E-state index contributed by atoms with van der Waals surface area (Å²) in [6.45, 7) is 1.95. The second-order valence-electron chi connectivity index (χ2n) is 4.38. The molecule has 0 aromatic heterocycles. The summed E-state index contributed by atoms with van der Waals surface area (Å²) < 4.78 is 0. The lowest BCUT2D eigenvalue weighted by molar-refractivity contribution is 0.425. The highest BCUT2D eigenvalue weighted by Crippen LogP contribution is 2.22. The third-order valence-electron chi connectivity index (χ3n) is 3.24. The van der Waals surface area contributed by atoms with Gasteiger partial charge in [0.25, 0.3) is 0 Å². The molecule has 1 aromatic carbocycles. The van der Waals surface area contributed by atoms with Crippen LogP contribution in [0, 0.1) is 11.3 Å². The zero-order valence-corrected chi connectivity index (χ0v) is 9.56. The molecule has 0 bridgehead atoms. The number of nitrogens with one attached hydrogen (secondary N) is 1. The number of nitrogens with zero attached hydrogens (tertiary/aromatic N) is 1. The average Bonchev–Trinajstić information content (AvgIpc) is 2.39. The summed E-state index contributed by atoms with van der Waals surface area (Å²) in [5.74, 6) is 0.397. The Balaban J connectivity index is 2.30. The molecule has 1 atom stereocenters. The summed E-state index contributed by atoms with van der Waals surface area (Å²) in [7, 11) is -1.58. The van der Waals surface area contributed by atoms with Gasteiger partial charge in [-0.15, -0.1) is 0 Å². The van der Waals surface area contributed by atoms with Crippen LogP contribution in [0.1, 0.15) is 29.9 Å². The zero-order chi connectivity index (χ0) is 12.3. The van der Waals surface area contributed by atoms with Crippen molar-refractivity contribution in [3.63, 3.8) is 0 Å². The van der Waals surface area contributed by atoms with Gasteiger partial charge in [-0.2, -0.15) is 5.26 Å². The molecule has 2 rings (SSSR count). The van der Waals surface area contributed by atoms with Gasteiger partial charge < -0.3 is 15.4 Å². The lowest BCUT2D eigenvalue weighted by Crippen LogP contribution is -2.34. The molecule has 0 radical (unpaired) electrons. The minimum Gasteiger partial charge on any atom is -0.423 e. The van der Waals surface area contributed by atoms with Crippen molar-refractivity contribution in [1.29, 1.82) is 5.26 Å². The molecule has 5 heteroatoms. The molecule has 1 aromatic rings. The zero-order valence-electron chi connectivity index (χ0n) is 9.56. The van der Waals surface area contributed by atoms with Crippen molar-refractivity contribution < 1.29 is 10.0 Å². The van der Waals surface area contributed by atoms with Gasteiger partial charge in [0.15, 0.2) is 0 Å². The van der Waals surface area contributed by atoms with Gasteiger partial charge in [-0.3, -0.25) is 0 Å². The number of nitriles is 1. The smallest absolute Gasteiger partial charge is 0.423 e. The van der Waals surface area contributed by atoms with Crippen LogP contribution in [-0.2, 0) is 0 Å². The van der Waals surface area contributed by atoms with Crippen molar-refractivity contribution in [3.05, 3.63) is 29.3 Å². The maximum absolute atomic E-state index is 9.25. The highest BCUT2D eigenvalue weighted by Gasteiger charge is 2.20. The van der Waals surface area contributed by atoms with E-state index < -0.39 is 7.12 Å². The van der Waals surface area contributed by atoms with Crippen LogP contribution in [0.3, 0.4) is 0 Å². The average molecular weight is 230 g/mol. The number of hydrogen-bond donors (Lipinski definition) is 3. The number of piperidine rings is 1. The molecule has 0 amide bonds. The first-order chi connectivity index (χ1) is 8.22. The van der Waals surface area contributed by atoms with E-state index >= 15 is 0 Å². The van der Waals surface area contributed by atoms with Crippen molar-refractivity contribution in [1.82, 2.24) is 5.32 Å². The first-order valence-electron chi connectivity index (χ1n) is 5.83. The Hall–Kier alpha value is -1.35. The van der Waals surface area contributed by atoms with Crippen molar-refractivity contribution in [2.45, 2.75) is 18.8 Å². The first kappa shape index (κ1) is 12.1. The molecule has 1 aliphatic rings. The molecular formula is C12H15BN2O2. The largest absolute Gasteiger partial charge is 0.489 e. The third kappa shape index (κ3) is 2.67. The molecule has 17 heavy (non-hydrogen) atoms. The molecule has 1 fully saturated rings. The summed E-state index contributed by atoms with van der Waals surface area (Å²) in [6, 6.07) is 7.28. The molecule has 88 valence electrons. The van der Waals surface area contributed by atoms with Gasteiger partial charge in [-0.05, 0) is 36.9 Å². The van der Waals surface area contributed by atoms with Gasteiger partial charge in [0.05, 0.1) is 11.6 Å². The Morgan fingerprint density at radius 2 is 2.24 bits per heavy atom. The molecule has 1 heterocycles. The predicted molar refractivity (Wildman–Crippen MR) is 65.8 cm³/mol. The molecule has 1 unspecified atom stereocenters. The lowest BCUT2D eigenvalue weighted by Gasteiger charge is -2.23. The SMILES string of the molecule is N#Cc1ccc(C2CCCNC2)cc1B(O)O. The van der Waals surface area contributed by atoms with Crippen molar-refractivity contribution in [3.8, 4) is 6.07 Å². The monoisotopic (exact) mass is 230 g/mol. The van der Waals surface area contributed by atoms with Crippen LogP contribution in [0.5, 0.6) is 0 Å². The highest BCUT2D eigenvalue weighted by molar-refractivity contribution is 6.59. The van der Waals surface area contributed by atoms with Crippen LogP contribution in [0.15, 0.2) is 18.2 Å². The molecule has 1 saturated heterocycles. The topological polar surface area (TPSA) is 76.3 Å². The summed E-state index contributed by atoms with van der Waals surface area (Å²) in [5, 5.41) is 30.7. The van der Waals surface area contributed by atoms with Crippen LogP contribution in [-0.4, -0.2) is 30.3 Å². The quantitative estimate of drug-likeness (QED) is 0.610. The van der Waals surface area contributed by atoms with E-state index in [1.807, 2.05) is 12.1 Å². The summed E-state index contributed by atoms with van der Waals surface area (Å²) >= 11 is 0. The van der Waals surface area contributed by atoms with E-state index in [4.69, 9.17) is 5.26 Å². The number of rotatable bonds is 2.